The second kappa shape index (κ2) is 7.91. The van der Waals surface area contributed by atoms with Gasteiger partial charge in [0.1, 0.15) is 11.5 Å². The number of ether oxygens (including phenoxy) is 2. The van der Waals surface area contributed by atoms with Gasteiger partial charge in [0, 0.05) is 0 Å². The zero-order valence-corrected chi connectivity index (χ0v) is 14.8. The summed E-state index contributed by atoms with van der Waals surface area (Å²) in [6, 6.07) is 14.6. The molecule has 0 spiro atoms. The number of nitrogens with one attached hydrogen (secondary N) is 2. The summed E-state index contributed by atoms with van der Waals surface area (Å²) < 4.78 is 10.8. The van der Waals surface area contributed by atoms with Gasteiger partial charge in [0.2, 0.25) is 5.91 Å². The fourth-order valence-corrected chi connectivity index (χ4v) is 2.91. The van der Waals surface area contributed by atoms with Crippen LogP contribution in [-0.2, 0) is 9.59 Å². The highest BCUT2D eigenvalue weighted by molar-refractivity contribution is 5.99. The summed E-state index contributed by atoms with van der Waals surface area (Å²) in [5.41, 5.74) is 1.61. The normalized spacial score (nSPS) is 16.7. The molecule has 2 aromatic carbocycles. The van der Waals surface area contributed by atoms with Crippen molar-refractivity contribution in [2.45, 2.75) is 31.9 Å². The quantitative estimate of drug-likeness (QED) is 0.836. The van der Waals surface area contributed by atoms with E-state index in [9.17, 15) is 9.59 Å². The van der Waals surface area contributed by atoms with Crippen LogP contribution in [0, 0.1) is 0 Å². The Balaban J connectivity index is 1.63. The Hall–Kier alpha value is -3.02. The van der Waals surface area contributed by atoms with Gasteiger partial charge in [-0.2, -0.15) is 0 Å². The number of rotatable bonds is 6. The maximum Gasteiger partial charge on any atom is 0.266 e. The summed E-state index contributed by atoms with van der Waals surface area (Å²) in [5.74, 6) is 0.802. The van der Waals surface area contributed by atoms with Crippen LogP contribution in [-0.4, -0.2) is 25.0 Å². The van der Waals surface area contributed by atoms with E-state index in [4.69, 9.17) is 9.47 Å². The topological polar surface area (TPSA) is 76.7 Å². The lowest BCUT2D eigenvalue weighted by atomic mass is 10.0. The first-order chi connectivity index (χ1) is 12.6. The van der Waals surface area contributed by atoms with E-state index in [-0.39, 0.29) is 24.3 Å². The van der Waals surface area contributed by atoms with Crippen LogP contribution >= 0.6 is 0 Å². The summed E-state index contributed by atoms with van der Waals surface area (Å²) in [4.78, 5) is 24.6. The van der Waals surface area contributed by atoms with E-state index < -0.39 is 6.10 Å². The number of amides is 2. The van der Waals surface area contributed by atoms with Gasteiger partial charge in [-0.3, -0.25) is 9.59 Å². The Morgan fingerprint density at radius 3 is 2.65 bits per heavy atom. The zero-order valence-electron chi connectivity index (χ0n) is 14.8. The Morgan fingerprint density at radius 2 is 1.96 bits per heavy atom. The van der Waals surface area contributed by atoms with Crippen LogP contribution in [0.2, 0.25) is 0 Å². The lowest BCUT2D eigenvalue weighted by Gasteiger charge is -2.26. The molecule has 2 unspecified atom stereocenters. The van der Waals surface area contributed by atoms with Crippen LogP contribution in [0.1, 0.15) is 31.4 Å². The molecule has 3 rings (SSSR count). The molecule has 1 aliphatic heterocycles. The molecule has 2 amide bonds. The van der Waals surface area contributed by atoms with Gasteiger partial charge < -0.3 is 20.1 Å². The monoisotopic (exact) mass is 354 g/mol. The summed E-state index contributed by atoms with van der Waals surface area (Å²) in [7, 11) is 1.61. The van der Waals surface area contributed by atoms with Gasteiger partial charge in [-0.25, -0.2) is 0 Å². The van der Waals surface area contributed by atoms with Crippen LogP contribution < -0.4 is 20.1 Å². The molecule has 6 nitrogen and oxygen atoms in total. The minimum absolute atomic E-state index is 0.0349. The number of methoxy groups -OCH3 is 1. The van der Waals surface area contributed by atoms with Crippen molar-refractivity contribution in [2.24, 2.45) is 0 Å². The molecular weight excluding hydrogens is 332 g/mol. The molecule has 0 saturated carbocycles. The molecule has 136 valence electrons. The van der Waals surface area contributed by atoms with Crippen molar-refractivity contribution in [2.75, 3.05) is 12.4 Å². The number of carbonyl (C=O) groups excluding carboxylic acids is 2. The Morgan fingerprint density at radius 1 is 1.23 bits per heavy atom. The Bertz CT molecular complexity index is 789. The minimum atomic E-state index is -0.835. The predicted octanol–water partition coefficient (Wildman–Crippen LogP) is 3.05. The van der Waals surface area contributed by atoms with E-state index in [2.05, 4.69) is 10.6 Å². The lowest BCUT2D eigenvalue weighted by molar-refractivity contribution is -0.130. The maximum absolute atomic E-state index is 12.4. The molecular formula is C20H22N2O4. The van der Waals surface area contributed by atoms with E-state index >= 15 is 0 Å². The molecule has 6 heteroatoms. The molecule has 0 aliphatic carbocycles. The number of fused-ring (bicyclic) bond motifs is 1. The summed E-state index contributed by atoms with van der Waals surface area (Å²) in [6.07, 6.45) is -0.135. The Kier molecular flexibility index (Phi) is 5.41. The number of benzene rings is 2. The zero-order chi connectivity index (χ0) is 18.5. The third-order valence-electron chi connectivity index (χ3n) is 4.34. The van der Waals surface area contributed by atoms with Crippen LogP contribution in [0.4, 0.5) is 5.69 Å². The van der Waals surface area contributed by atoms with Crippen LogP contribution in [0.5, 0.6) is 11.5 Å². The summed E-state index contributed by atoms with van der Waals surface area (Å²) in [5, 5.41) is 5.74. The van der Waals surface area contributed by atoms with Gasteiger partial charge in [0.05, 0.1) is 25.3 Å². The average molecular weight is 354 g/mol. The largest absolute Gasteiger partial charge is 0.497 e. The first-order valence-electron chi connectivity index (χ1n) is 8.60. The maximum atomic E-state index is 12.4. The molecule has 0 radical (unpaired) electrons. The van der Waals surface area contributed by atoms with Gasteiger partial charge in [0.25, 0.3) is 5.91 Å². The van der Waals surface area contributed by atoms with Crippen LogP contribution in [0.15, 0.2) is 48.5 Å². The van der Waals surface area contributed by atoms with Crippen molar-refractivity contribution in [3.63, 3.8) is 0 Å². The van der Waals surface area contributed by atoms with E-state index in [0.29, 0.717) is 11.4 Å². The number of anilines is 1. The highest BCUT2D eigenvalue weighted by Crippen LogP contribution is 2.29. The van der Waals surface area contributed by atoms with Gasteiger partial charge in [0.15, 0.2) is 6.10 Å². The first kappa shape index (κ1) is 17.8. The Labute approximate surface area is 152 Å². The van der Waals surface area contributed by atoms with Gasteiger partial charge in [-0.15, -0.1) is 0 Å². The van der Waals surface area contributed by atoms with Crippen LogP contribution in [0.25, 0.3) is 0 Å². The molecule has 2 aromatic rings. The lowest BCUT2D eigenvalue weighted by Crippen LogP contribution is -2.41. The second-order valence-corrected chi connectivity index (χ2v) is 6.10. The van der Waals surface area contributed by atoms with E-state index in [1.807, 2.05) is 43.3 Å². The molecule has 26 heavy (non-hydrogen) atoms. The molecule has 1 heterocycles. The van der Waals surface area contributed by atoms with Crippen molar-refractivity contribution >= 4 is 17.5 Å². The van der Waals surface area contributed by atoms with Crippen molar-refractivity contribution in [1.82, 2.24) is 5.32 Å². The van der Waals surface area contributed by atoms with E-state index in [1.165, 1.54) is 0 Å². The van der Waals surface area contributed by atoms with Gasteiger partial charge >= 0.3 is 0 Å². The second-order valence-electron chi connectivity index (χ2n) is 6.10. The molecule has 0 aromatic heterocycles. The molecule has 0 fully saturated rings. The summed E-state index contributed by atoms with van der Waals surface area (Å²) in [6.45, 7) is 2.00. The predicted molar refractivity (Wildman–Crippen MR) is 98.3 cm³/mol. The van der Waals surface area contributed by atoms with E-state index in [0.717, 1.165) is 17.7 Å². The highest BCUT2D eigenvalue weighted by atomic mass is 16.5. The third-order valence-corrected chi connectivity index (χ3v) is 4.34. The fraction of sp³-hybridized carbons (Fsp3) is 0.300. The average Bonchev–Trinajstić information content (AvgIpc) is 2.67. The highest BCUT2D eigenvalue weighted by Gasteiger charge is 2.30. The number of carbonyl (C=O) groups is 2. The van der Waals surface area contributed by atoms with Crippen LogP contribution in [0.3, 0.4) is 0 Å². The van der Waals surface area contributed by atoms with E-state index in [1.54, 1.807) is 19.2 Å². The number of hydrogen-bond donors (Lipinski definition) is 2. The molecule has 0 bridgehead atoms. The van der Waals surface area contributed by atoms with Crippen molar-refractivity contribution in [3.8, 4) is 11.5 Å². The number of para-hydroxylation sites is 2. The van der Waals surface area contributed by atoms with Crippen molar-refractivity contribution in [3.05, 3.63) is 54.1 Å². The fourth-order valence-electron chi connectivity index (χ4n) is 2.91. The molecule has 1 aliphatic rings. The standard InChI is InChI=1S/C20H22N2O4/c1-3-15(13-8-10-14(25-2)11-9-13)21-19(23)12-18-20(24)22-16-6-4-5-7-17(16)26-18/h4-11,15,18H,3,12H2,1-2H3,(H,21,23)(H,22,24). The molecule has 2 N–H and O–H groups in total. The smallest absolute Gasteiger partial charge is 0.266 e. The summed E-state index contributed by atoms with van der Waals surface area (Å²) >= 11 is 0. The minimum Gasteiger partial charge on any atom is -0.497 e. The van der Waals surface area contributed by atoms with Gasteiger partial charge in [-0.05, 0) is 36.2 Å². The molecule has 0 saturated heterocycles. The third kappa shape index (κ3) is 3.96. The molecule has 2 atom stereocenters. The number of hydrogen-bond acceptors (Lipinski definition) is 4. The van der Waals surface area contributed by atoms with Gasteiger partial charge in [-0.1, -0.05) is 31.2 Å². The van der Waals surface area contributed by atoms with Crippen molar-refractivity contribution in [1.29, 1.82) is 0 Å². The van der Waals surface area contributed by atoms with Crippen molar-refractivity contribution < 1.29 is 19.1 Å². The SMILES string of the molecule is CCC(NC(=O)CC1Oc2ccccc2NC1=O)c1ccc(OC)cc1. The first-order valence-corrected chi connectivity index (χ1v) is 8.60.